The molecule has 1 aliphatic rings. The Labute approximate surface area is 212 Å². The summed E-state index contributed by atoms with van der Waals surface area (Å²) in [5.74, 6) is 1.62. The Bertz CT molecular complexity index is 1230. The molecule has 0 radical (unpaired) electrons. The minimum atomic E-state index is -1.36. The number of pyridine rings is 1. The van der Waals surface area contributed by atoms with Crippen LogP contribution >= 0.6 is 11.6 Å². The SMILES string of the molecule is CCOc1ncccc1CCNC(=O)c1ccc(Oc2cc3c(cc2Cl)C(OC(=O)O)CCO3)cc1. The molecule has 9 nitrogen and oxygen atoms in total. The van der Waals surface area contributed by atoms with Gasteiger partial charge in [-0.1, -0.05) is 17.7 Å². The van der Waals surface area contributed by atoms with E-state index >= 15 is 0 Å². The van der Waals surface area contributed by atoms with Crippen molar-refractivity contribution in [3.63, 3.8) is 0 Å². The second kappa shape index (κ2) is 11.6. The fraction of sp³-hybridized carbons (Fsp3) is 0.269. The lowest BCUT2D eigenvalue weighted by molar-refractivity contribution is 0.0326. The van der Waals surface area contributed by atoms with Crippen molar-refractivity contribution in [1.82, 2.24) is 10.3 Å². The number of hydrogen-bond donors (Lipinski definition) is 2. The number of fused-ring (bicyclic) bond motifs is 1. The van der Waals surface area contributed by atoms with E-state index in [2.05, 4.69) is 10.3 Å². The van der Waals surface area contributed by atoms with Crippen molar-refractivity contribution in [3.8, 4) is 23.1 Å². The van der Waals surface area contributed by atoms with Crippen LogP contribution in [0.5, 0.6) is 23.1 Å². The number of benzene rings is 2. The van der Waals surface area contributed by atoms with Crippen molar-refractivity contribution >= 4 is 23.7 Å². The monoisotopic (exact) mass is 512 g/mol. The van der Waals surface area contributed by atoms with Crippen LogP contribution < -0.4 is 19.5 Å². The number of ether oxygens (including phenoxy) is 4. The summed E-state index contributed by atoms with van der Waals surface area (Å²) in [5.41, 5.74) is 1.95. The summed E-state index contributed by atoms with van der Waals surface area (Å²) >= 11 is 6.37. The summed E-state index contributed by atoms with van der Waals surface area (Å²) in [6.07, 6.45) is 0.647. The number of carbonyl (C=O) groups is 2. The minimum Gasteiger partial charge on any atom is -0.493 e. The molecule has 1 amide bonds. The number of carboxylic acid groups (broad SMARTS) is 1. The lowest BCUT2D eigenvalue weighted by Crippen LogP contribution is -2.25. The molecule has 1 aliphatic heterocycles. The second-order valence-corrected chi connectivity index (χ2v) is 8.27. The van der Waals surface area contributed by atoms with Gasteiger partial charge in [-0.25, -0.2) is 9.78 Å². The van der Waals surface area contributed by atoms with Crippen molar-refractivity contribution in [2.75, 3.05) is 19.8 Å². The fourth-order valence-electron chi connectivity index (χ4n) is 3.78. The van der Waals surface area contributed by atoms with Crippen LogP contribution in [0, 0.1) is 0 Å². The molecule has 1 unspecified atom stereocenters. The minimum absolute atomic E-state index is 0.215. The van der Waals surface area contributed by atoms with Crippen molar-refractivity contribution in [3.05, 3.63) is 76.4 Å². The Morgan fingerprint density at radius 2 is 2.03 bits per heavy atom. The van der Waals surface area contributed by atoms with Crippen LogP contribution in [0.25, 0.3) is 0 Å². The van der Waals surface area contributed by atoms with Gasteiger partial charge in [-0.2, -0.15) is 0 Å². The summed E-state index contributed by atoms with van der Waals surface area (Å²) in [4.78, 5) is 27.7. The average molecular weight is 513 g/mol. The van der Waals surface area contributed by atoms with Gasteiger partial charge in [0.05, 0.1) is 18.2 Å². The molecule has 0 spiro atoms. The number of amides is 1. The summed E-state index contributed by atoms with van der Waals surface area (Å²) in [5, 5.41) is 12.1. The highest BCUT2D eigenvalue weighted by molar-refractivity contribution is 6.32. The lowest BCUT2D eigenvalue weighted by Gasteiger charge is -2.25. The van der Waals surface area contributed by atoms with E-state index in [0.717, 1.165) is 5.56 Å². The van der Waals surface area contributed by atoms with E-state index < -0.39 is 12.3 Å². The van der Waals surface area contributed by atoms with Crippen LogP contribution in [0.3, 0.4) is 0 Å². The zero-order chi connectivity index (χ0) is 25.5. The van der Waals surface area contributed by atoms with Crippen LogP contribution in [0.4, 0.5) is 4.79 Å². The number of nitrogens with zero attached hydrogens (tertiary/aromatic N) is 1. The molecule has 1 atom stereocenters. The molecule has 10 heteroatoms. The van der Waals surface area contributed by atoms with Gasteiger partial charge in [-0.15, -0.1) is 0 Å². The zero-order valence-electron chi connectivity index (χ0n) is 19.5. The van der Waals surface area contributed by atoms with Gasteiger partial charge < -0.3 is 29.4 Å². The quantitative estimate of drug-likeness (QED) is 0.365. The number of hydrogen-bond acceptors (Lipinski definition) is 7. The highest BCUT2D eigenvalue weighted by atomic mass is 35.5. The molecule has 0 aliphatic carbocycles. The number of carbonyl (C=O) groups excluding carboxylic acids is 1. The van der Waals surface area contributed by atoms with E-state index in [0.29, 0.717) is 66.9 Å². The maximum Gasteiger partial charge on any atom is 0.506 e. The van der Waals surface area contributed by atoms with Gasteiger partial charge in [0.1, 0.15) is 23.4 Å². The first kappa shape index (κ1) is 25.1. The standard InChI is InChI=1S/C26H25ClN2O7/c1-2-33-25-17(4-3-11-29-25)9-12-28-24(30)16-5-7-18(8-6-16)35-23-15-22-19(14-20(23)27)21(10-13-34-22)36-26(31)32/h3-8,11,14-15,21H,2,9-10,12-13H2,1H3,(H,28,30)(H,31,32). The number of aromatic nitrogens is 1. The Balaban J connectivity index is 1.36. The molecule has 0 fully saturated rings. The molecule has 1 aromatic heterocycles. The van der Waals surface area contributed by atoms with Crippen LogP contribution in [0.15, 0.2) is 54.7 Å². The Morgan fingerprint density at radius 1 is 1.22 bits per heavy atom. The first-order chi connectivity index (χ1) is 17.4. The smallest absolute Gasteiger partial charge is 0.493 e. The Hall–Kier alpha value is -3.98. The van der Waals surface area contributed by atoms with Gasteiger partial charge in [-0.05, 0) is 49.7 Å². The fourth-order valence-corrected chi connectivity index (χ4v) is 3.99. The van der Waals surface area contributed by atoms with Gasteiger partial charge in [0, 0.05) is 41.9 Å². The zero-order valence-corrected chi connectivity index (χ0v) is 20.3. The average Bonchev–Trinajstić information content (AvgIpc) is 2.86. The highest BCUT2D eigenvalue weighted by Gasteiger charge is 2.27. The number of rotatable bonds is 9. The molecule has 4 rings (SSSR count). The first-order valence-corrected chi connectivity index (χ1v) is 11.8. The third-order valence-corrected chi connectivity index (χ3v) is 5.74. The van der Waals surface area contributed by atoms with Crippen molar-refractivity contribution in [2.45, 2.75) is 25.9 Å². The molecular formula is C26H25ClN2O7. The van der Waals surface area contributed by atoms with E-state index in [9.17, 15) is 9.59 Å². The van der Waals surface area contributed by atoms with E-state index in [-0.39, 0.29) is 10.9 Å². The van der Waals surface area contributed by atoms with Gasteiger partial charge in [0.2, 0.25) is 5.88 Å². The highest BCUT2D eigenvalue weighted by Crippen LogP contribution is 2.42. The van der Waals surface area contributed by atoms with Crippen molar-refractivity contribution in [2.24, 2.45) is 0 Å². The maximum absolute atomic E-state index is 12.5. The lowest BCUT2D eigenvalue weighted by atomic mass is 10.0. The third kappa shape index (κ3) is 6.17. The normalized spacial score (nSPS) is 14.2. The predicted molar refractivity (Wildman–Crippen MR) is 131 cm³/mol. The van der Waals surface area contributed by atoms with Crippen LogP contribution in [-0.4, -0.2) is 41.9 Å². The van der Waals surface area contributed by atoms with Gasteiger partial charge >= 0.3 is 6.16 Å². The summed E-state index contributed by atoms with van der Waals surface area (Å²) < 4.78 is 22.0. The summed E-state index contributed by atoms with van der Waals surface area (Å²) in [6.45, 7) is 3.16. The van der Waals surface area contributed by atoms with Crippen molar-refractivity contribution < 1.29 is 33.6 Å². The molecule has 2 aromatic carbocycles. The van der Waals surface area contributed by atoms with E-state index in [1.807, 2.05) is 19.1 Å². The molecule has 0 saturated heterocycles. The third-order valence-electron chi connectivity index (χ3n) is 5.45. The topological polar surface area (TPSA) is 116 Å². The largest absolute Gasteiger partial charge is 0.506 e. The molecule has 0 saturated carbocycles. The van der Waals surface area contributed by atoms with E-state index in [1.165, 1.54) is 0 Å². The van der Waals surface area contributed by atoms with Gasteiger partial charge in [0.25, 0.3) is 5.91 Å². The van der Waals surface area contributed by atoms with Crippen molar-refractivity contribution in [1.29, 1.82) is 0 Å². The molecular weight excluding hydrogens is 488 g/mol. The molecule has 0 bridgehead atoms. The number of halogens is 1. The predicted octanol–water partition coefficient (Wildman–Crippen LogP) is 5.42. The molecule has 2 N–H and O–H groups in total. The van der Waals surface area contributed by atoms with Crippen LogP contribution in [-0.2, 0) is 11.2 Å². The van der Waals surface area contributed by atoms with E-state index in [1.54, 1.807) is 42.6 Å². The molecule has 188 valence electrons. The summed E-state index contributed by atoms with van der Waals surface area (Å²) in [6, 6.07) is 13.6. The molecule has 2 heterocycles. The van der Waals surface area contributed by atoms with E-state index in [4.69, 9.17) is 35.7 Å². The number of nitrogens with one attached hydrogen (secondary N) is 1. The van der Waals surface area contributed by atoms with Crippen LogP contribution in [0.2, 0.25) is 5.02 Å². The molecule has 3 aromatic rings. The second-order valence-electron chi connectivity index (χ2n) is 7.86. The summed E-state index contributed by atoms with van der Waals surface area (Å²) in [7, 11) is 0. The Morgan fingerprint density at radius 3 is 2.78 bits per heavy atom. The maximum atomic E-state index is 12.5. The first-order valence-electron chi connectivity index (χ1n) is 11.4. The van der Waals surface area contributed by atoms with Gasteiger partial charge in [-0.3, -0.25) is 4.79 Å². The Kier molecular flexibility index (Phi) is 8.12. The van der Waals surface area contributed by atoms with Gasteiger partial charge in [0.15, 0.2) is 0 Å². The van der Waals surface area contributed by atoms with Crippen LogP contribution in [0.1, 0.15) is 40.9 Å². The molecule has 36 heavy (non-hydrogen) atoms.